The quantitative estimate of drug-likeness (QED) is 0.0674. The molecule has 15 heteroatoms. The van der Waals surface area contributed by atoms with Crippen molar-refractivity contribution in [2.45, 2.75) is 122 Å². The van der Waals surface area contributed by atoms with E-state index < -0.39 is 23.6 Å². The highest BCUT2D eigenvalue weighted by atomic mass is 16.6. The van der Waals surface area contributed by atoms with Crippen molar-refractivity contribution in [1.82, 2.24) is 29.6 Å². The minimum atomic E-state index is -0.728. The van der Waals surface area contributed by atoms with Gasteiger partial charge in [-0.1, -0.05) is 54.3 Å². The van der Waals surface area contributed by atoms with E-state index in [-0.39, 0.29) is 60.0 Å². The number of nitrogens with zero attached hydrogens (tertiary/aromatic N) is 4. The summed E-state index contributed by atoms with van der Waals surface area (Å²) in [6.07, 6.45) is 5.21. The lowest BCUT2D eigenvalue weighted by Crippen LogP contribution is -2.44. The largest absolute Gasteiger partial charge is 0.444 e. The molecule has 3 fully saturated rings. The molecule has 372 valence electrons. The Kier molecular flexibility index (Phi) is 15.1. The molecule has 2 atom stereocenters. The van der Waals surface area contributed by atoms with Gasteiger partial charge in [0.2, 0.25) is 23.6 Å². The fourth-order valence-electron chi connectivity index (χ4n) is 10.2. The second-order valence-corrected chi connectivity index (χ2v) is 20.3. The van der Waals surface area contributed by atoms with Gasteiger partial charge >= 0.3 is 11.8 Å². The normalized spacial score (nSPS) is 17.4. The topological polar surface area (TPSA) is 181 Å². The Hall–Kier alpha value is -7.21. The number of rotatable bonds is 11. The van der Waals surface area contributed by atoms with Crippen LogP contribution in [0.2, 0.25) is 0 Å². The molecule has 0 radical (unpaired) electrons. The first kappa shape index (κ1) is 50.2. The van der Waals surface area contributed by atoms with Crippen molar-refractivity contribution in [2.24, 2.45) is 13.0 Å². The molecule has 4 aromatic carbocycles. The van der Waals surface area contributed by atoms with E-state index in [1.54, 1.807) is 50.6 Å². The van der Waals surface area contributed by atoms with Crippen LogP contribution in [0, 0.1) is 24.7 Å². The molecule has 3 aliphatic rings. The summed E-state index contributed by atoms with van der Waals surface area (Å²) in [6.45, 7) is 11.8. The number of imide groups is 1. The Morgan fingerprint density at radius 1 is 0.803 bits per heavy atom. The third-order valence-corrected chi connectivity index (χ3v) is 14.1. The molecule has 6 amide bonds. The summed E-state index contributed by atoms with van der Waals surface area (Å²) in [5.41, 5.74) is 5.11. The van der Waals surface area contributed by atoms with E-state index in [0.29, 0.717) is 68.6 Å². The number of unbranched alkanes of at least 4 members (excludes halogenated alkanes) is 1. The number of imidazole rings is 1. The molecule has 0 saturated carbocycles. The molecule has 3 saturated heterocycles. The molecule has 0 spiro atoms. The third kappa shape index (κ3) is 11.7. The minimum Gasteiger partial charge on any atom is -0.444 e. The summed E-state index contributed by atoms with van der Waals surface area (Å²) >= 11 is 0. The van der Waals surface area contributed by atoms with Gasteiger partial charge in [-0.15, -0.1) is 0 Å². The maximum atomic E-state index is 13.6. The van der Waals surface area contributed by atoms with E-state index in [4.69, 9.17) is 4.74 Å². The van der Waals surface area contributed by atoms with Crippen LogP contribution in [0.1, 0.15) is 143 Å². The highest BCUT2D eigenvalue weighted by Gasteiger charge is 2.32. The van der Waals surface area contributed by atoms with Gasteiger partial charge in [-0.25, -0.2) is 9.59 Å². The number of carbonyl (C=O) groups is 6. The Bertz CT molecular complexity index is 3010. The van der Waals surface area contributed by atoms with Crippen molar-refractivity contribution >= 4 is 63.1 Å². The lowest BCUT2D eigenvalue weighted by atomic mass is 9.89. The smallest absolute Gasteiger partial charge is 0.412 e. The standard InChI is InChI=1S/C56H65N7O8/c1-35-15-20-41(58-54(69)71-56(3,4)5)34-45(35)52(67)57-36(2)42-21-18-39(43-11-7-8-12-44(42)43)17-16-37-25-29-61(30-26-37)50(65)13-9-10-14-51(66)62-31-27-38(28-32-62)40-19-22-46-48(33-40)60(6)55(70)63(46)47-23-24-49(64)59-53(47)68/h7-8,11-12,15,18-22,33-34,36-38,47H,9-10,13-14,23-32H2,1-6H3,(H,57,67)(H,58,69)(H,59,64,68). The van der Waals surface area contributed by atoms with E-state index in [0.717, 1.165) is 64.2 Å². The highest BCUT2D eigenvalue weighted by Crippen LogP contribution is 2.33. The summed E-state index contributed by atoms with van der Waals surface area (Å²) in [5, 5.41) is 10.2. The van der Waals surface area contributed by atoms with Crippen LogP contribution in [0.3, 0.4) is 0 Å². The Balaban J connectivity index is 0.772. The first-order valence-corrected chi connectivity index (χ1v) is 25.0. The van der Waals surface area contributed by atoms with E-state index in [2.05, 4.69) is 27.8 Å². The summed E-state index contributed by atoms with van der Waals surface area (Å²) in [7, 11) is 1.70. The average Bonchev–Trinajstić information content (AvgIpc) is 3.59. The monoisotopic (exact) mass is 963 g/mol. The molecule has 3 N–H and O–H groups in total. The van der Waals surface area contributed by atoms with Crippen molar-refractivity contribution in [1.29, 1.82) is 0 Å². The Labute approximate surface area is 414 Å². The van der Waals surface area contributed by atoms with Crippen molar-refractivity contribution in [3.8, 4) is 11.8 Å². The van der Waals surface area contributed by atoms with Crippen LogP contribution in [-0.2, 0) is 31.0 Å². The lowest BCUT2D eigenvalue weighted by molar-refractivity contribution is -0.136. The highest BCUT2D eigenvalue weighted by molar-refractivity contribution is 6.00. The molecule has 1 aromatic heterocycles. The zero-order valence-electron chi connectivity index (χ0n) is 41.7. The molecule has 4 heterocycles. The predicted octanol–water partition coefficient (Wildman–Crippen LogP) is 8.17. The molecule has 3 aliphatic heterocycles. The summed E-state index contributed by atoms with van der Waals surface area (Å²) < 4.78 is 8.43. The van der Waals surface area contributed by atoms with E-state index in [9.17, 15) is 33.6 Å². The number of nitrogens with one attached hydrogen (secondary N) is 3. The summed E-state index contributed by atoms with van der Waals surface area (Å²) in [4.78, 5) is 93.8. The molecule has 8 rings (SSSR count). The second kappa shape index (κ2) is 21.4. The number of fused-ring (bicyclic) bond motifs is 2. The zero-order valence-corrected chi connectivity index (χ0v) is 41.7. The molecule has 0 aliphatic carbocycles. The van der Waals surface area contributed by atoms with E-state index in [1.165, 1.54) is 4.57 Å². The van der Waals surface area contributed by atoms with Crippen LogP contribution >= 0.6 is 0 Å². The van der Waals surface area contributed by atoms with Gasteiger partial charge in [0, 0.05) is 75.2 Å². The van der Waals surface area contributed by atoms with Crippen LogP contribution in [0.5, 0.6) is 0 Å². The number of likely N-dealkylation sites (tertiary alicyclic amines) is 2. The van der Waals surface area contributed by atoms with Gasteiger partial charge in [0.05, 0.1) is 17.1 Å². The van der Waals surface area contributed by atoms with Gasteiger partial charge in [0.1, 0.15) is 11.6 Å². The average molecular weight is 964 g/mol. The van der Waals surface area contributed by atoms with Crippen LogP contribution in [-0.4, -0.2) is 86.3 Å². The van der Waals surface area contributed by atoms with Gasteiger partial charge in [0.15, 0.2) is 0 Å². The number of hydrogen-bond donors (Lipinski definition) is 3. The van der Waals surface area contributed by atoms with Crippen LogP contribution in [0.4, 0.5) is 10.5 Å². The molecule has 15 nitrogen and oxygen atoms in total. The first-order valence-electron chi connectivity index (χ1n) is 25.0. The lowest BCUT2D eigenvalue weighted by Gasteiger charge is -2.32. The minimum absolute atomic E-state index is 0.113. The fraction of sp³-hybridized carbons (Fsp3) is 0.446. The fourth-order valence-corrected chi connectivity index (χ4v) is 10.2. The number of carbonyl (C=O) groups excluding carboxylic acids is 6. The number of piperidine rings is 3. The number of anilines is 1. The molecular formula is C56H65N7O8. The molecule has 71 heavy (non-hydrogen) atoms. The van der Waals surface area contributed by atoms with Gasteiger partial charge < -0.3 is 19.9 Å². The van der Waals surface area contributed by atoms with Crippen LogP contribution in [0.15, 0.2) is 77.6 Å². The maximum absolute atomic E-state index is 13.6. The Morgan fingerprint density at radius 2 is 1.46 bits per heavy atom. The maximum Gasteiger partial charge on any atom is 0.412 e. The van der Waals surface area contributed by atoms with Crippen LogP contribution in [0.25, 0.3) is 21.8 Å². The number of hydrogen-bond acceptors (Lipinski definition) is 8. The molecule has 0 bridgehead atoms. The van der Waals surface area contributed by atoms with E-state index in [1.807, 2.05) is 78.2 Å². The number of benzene rings is 4. The van der Waals surface area contributed by atoms with Crippen molar-refractivity contribution in [3.63, 3.8) is 0 Å². The molecule has 2 unspecified atom stereocenters. The van der Waals surface area contributed by atoms with Gasteiger partial charge in [-0.3, -0.25) is 43.7 Å². The zero-order chi connectivity index (χ0) is 50.6. The van der Waals surface area contributed by atoms with Gasteiger partial charge in [-0.05, 0) is 143 Å². The SMILES string of the molecule is Cc1ccc(NC(=O)OC(C)(C)C)cc1C(=O)NC(C)c1ccc(C#CC2CCN(C(=O)CCCCC(=O)N3CCC(c4ccc5c(c4)n(C)c(=O)n5C4CCC(=O)NC4=O)CC3)CC2)c2ccccc12. The molecular weight excluding hydrogens is 899 g/mol. The summed E-state index contributed by atoms with van der Waals surface area (Å²) in [6, 6.07) is 22.1. The summed E-state index contributed by atoms with van der Waals surface area (Å²) in [5.74, 6) is 6.51. The van der Waals surface area contributed by atoms with E-state index >= 15 is 0 Å². The molecule has 5 aromatic rings. The van der Waals surface area contributed by atoms with Crippen molar-refractivity contribution in [3.05, 3.63) is 111 Å². The van der Waals surface area contributed by atoms with Gasteiger partial charge in [-0.2, -0.15) is 0 Å². The Morgan fingerprint density at radius 3 is 2.13 bits per heavy atom. The first-order chi connectivity index (χ1) is 33.9. The van der Waals surface area contributed by atoms with Gasteiger partial charge in [0.25, 0.3) is 5.91 Å². The van der Waals surface area contributed by atoms with Crippen molar-refractivity contribution < 1.29 is 33.5 Å². The number of aryl methyl sites for hydroxylation is 2. The third-order valence-electron chi connectivity index (χ3n) is 14.1. The number of ether oxygens (including phenoxy) is 1. The number of aromatic nitrogens is 2. The number of amides is 6. The second-order valence-electron chi connectivity index (χ2n) is 20.3. The van der Waals surface area contributed by atoms with Crippen molar-refractivity contribution in [2.75, 3.05) is 31.5 Å². The predicted molar refractivity (Wildman–Crippen MR) is 273 cm³/mol. The van der Waals surface area contributed by atoms with Crippen LogP contribution < -0.4 is 21.6 Å².